The molecule has 0 spiro atoms. The fraction of sp³-hybridized carbons (Fsp3) is 0.684. The maximum absolute atomic E-state index is 6.32. The molecule has 0 radical (unpaired) electrons. The summed E-state index contributed by atoms with van der Waals surface area (Å²) < 4.78 is 6.32. The van der Waals surface area contributed by atoms with Gasteiger partial charge in [0.15, 0.2) is 0 Å². The Kier molecular flexibility index (Phi) is 7.08. The van der Waals surface area contributed by atoms with Crippen LogP contribution in [0.25, 0.3) is 0 Å². The van der Waals surface area contributed by atoms with Crippen LogP contribution in [0.3, 0.4) is 0 Å². The molecule has 2 heteroatoms. The maximum atomic E-state index is 6.32. The molecule has 0 saturated heterocycles. The van der Waals surface area contributed by atoms with Gasteiger partial charge in [-0.05, 0) is 56.3 Å². The Morgan fingerprint density at radius 3 is 2.48 bits per heavy atom. The standard InChI is InChI=1S/C19H31NO/c1-3-8-16-11-13-17(14-12-16)21-19-10-7-5-6-9-18(19)20-15-4-2/h11-14,18-20H,3-10,15H2,1-2H3. The highest BCUT2D eigenvalue weighted by molar-refractivity contribution is 5.27. The molecular formula is C19H31NO. The van der Waals surface area contributed by atoms with Gasteiger partial charge in [-0.25, -0.2) is 0 Å². The Labute approximate surface area is 130 Å². The molecule has 1 saturated carbocycles. The van der Waals surface area contributed by atoms with E-state index in [0.717, 1.165) is 18.7 Å². The van der Waals surface area contributed by atoms with Crippen molar-refractivity contribution < 1.29 is 4.74 Å². The van der Waals surface area contributed by atoms with Crippen LogP contribution in [0.15, 0.2) is 24.3 Å². The lowest BCUT2D eigenvalue weighted by atomic mass is 10.1. The molecule has 1 aliphatic rings. The molecule has 2 unspecified atom stereocenters. The van der Waals surface area contributed by atoms with E-state index in [0.29, 0.717) is 12.1 Å². The van der Waals surface area contributed by atoms with Crippen molar-refractivity contribution in [2.24, 2.45) is 0 Å². The molecule has 118 valence electrons. The normalized spacial score (nSPS) is 22.8. The Morgan fingerprint density at radius 1 is 1.00 bits per heavy atom. The predicted octanol–water partition coefficient (Wildman–Crippen LogP) is 4.72. The van der Waals surface area contributed by atoms with Crippen LogP contribution < -0.4 is 10.1 Å². The average Bonchev–Trinajstić information content (AvgIpc) is 2.73. The van der Waals surface area contributed by atoms with Gasteiger partial charge in [0.2, 0.25) is 0 Å². The summed E-state index contributed by atoms with van der Waals surface area (Å²) in [4.78, 5) is 0. The van der Waals surface area contributed by atoms with E-state index in [4.69, 9.17) is 4.74 Å². The van der Waals surface area contributed by atoms with Gasteiger partial charge in [-0.15, -0.1) is 0 Å². The number of nitrogens with one attached hydrogen (secondary N) is 1. The number of hydrogen-bond donors (Lipinski definition) is 1. The second-order valence-electron chi connectivity index (χ2n) is 6.25. The van der Waals surface area contributed by atoms with Crippen molar-refractivity contribution in [1.29, 1.82) is 0 Å². The van der Waals surface area contributed by atoms with E-state index in [1.54, 1.807) is 0 Å². The summed E-state index contributed by atoms with van der Waals surface area (Å²) >= 11 is 0. The monoisotopic (exact) mass is 289 g/mol. The minimum absolute atomic E-state index is 0.330. The Morgan fingerprint density at radius 2 is 1.76 bits per heavy atom. The van der Waals surface area contributed by atoms with Crippen LogP contribution in [0.5, 0.6) is 5.75 Å². The van der Waals surface area contributed by atoms with Gasteiger partial charge in [-0.1, -0.05) is 45.2 Å². The minimum atomic E-state index is 0.330. The summed E-state index contributed by atoms with van der Waals surface area (Å²) in [6, 6.07) is 9.23. The molecule has 0 aliphatic heterocycles. The lowest BCUT2D eigenvalue weighted by Gasteiger charge is -2.27. The van der Waals surface area contributed by atoms with Crippen LogP contribution in [0.1, 0.15) is 64.4 Å². The third-order valence-corrected chi connectivity index (χ3v) is 4.36. The third kappa shape index (κ3) is 5.35. The van der Waals surface area contributed by atoms with E-state index in [9.17, 15) is 0 Å². The number of hydrogen-bond acceptors (Lipinski definition) is 2. The van der Waals surface area contributed by atoms with Crippen LogP contribution >= 0.6 is 0 Å². The molecule has 1 aromatic rings. The van der Waals surface area contributed by atoms with E-state index in [1.165, 1.54) is 50.5 Å². The van der Waals surface area contributed by atoms with Gasteiger partial charge in [-0.2, -0.15) is 0 Å². The topological polar surface area (TPSA) is 21.3 Å². The molecule has 2 atom stereocenters. The smallest absolute Gasteiger partial charge is 0.119 e. The largest absolute Gasteiger partial charge is 0.489 e. The van der Waals surface area contributed by atoms with Crippen LogP contribution in [0.2, 0.25) is 0 Å². The first-order chi connectivity index (χ1) is 10.3. The van der Waals surface area contributed by atoms with Crippen molar-refractivity contribution in [3.8, 4) is 5.75 Å². The van der Waals surface area contributed by atoms with E-state index in [1.807, 2.05) is 0 Å². The van der Waals surface area contributed by atoms with E-state index < -0.39 is 0 Å². The van der Waals surface area contributed by atoms with Gasteiger partial charge in [0.25, 0.3) is 0 Å². The first-order valence-corrected chi connectivity index (χ1v) is 8.82. The third-order valence-electron chi connectivity index (χ3n) is 4.36. The molecular weight excluding hydrogens is 258 g/mol. The predicted molar refractivity (Wildman–Crippen MR) is 90.0 cm³/mol. The van der Waals surface area contributed by atoms with Crippen LogP contribution in [0, 0.1) is 0 Å². The van der Waals surface area contributed by atoms with Crippen molar-refractivity contribution in [3.05, 3.63) is 29.8 Å². The zero-order chi connectivity index (χ0) is 14.9. The van der Waals surface area contributed by atoms with Gasteiger partial charge < -0.3 is 10.1 Å². The molecule has 2 nitrogen and oxygen atoms in total. The number of ether oxygens (including phenoxy) is 1. The highest BCUT2D eigenvalue weighted by Crippen LogP contribution is 2.24. The van der Waals surface area contributed by atoms with E-state index in [2.05, 4.69) is 43.4 Å². The Bertz CT molecular complexity index is 387. The van der Waals surface area contributed by atoms with Gasteiger partial charge in [0.1, 0.15) is 11.9 Å². The number of rotatable bonds is 7. The summed E-state index contributed by atoms with van der Waals surface area (Å²) in [7, 11) is 0. The molecule has 1 aromatic carbocycles. The van der Waals surface area contributed by atoms with Crippen molar-refractivity contribution in [2.45, 2.75) is 77.4 Å². The number of aryl methyl sites for hydroxylation is 1. The van der Waals surface area contributed by atoms with E-state index >= 15 is 0 Å². The maximum Gasteiger partial charge on any atom is 0.119 e. The quantitative estimate of drug-likeness (QED) is 0.733. The molecule has 0 aromatic heterocycles. The molecule has 1 N–H and O–H groups in total. The molecule has 0 bridgehead atoms. The first kappa shape index (κ1) is 16.4. The Balaban J connectivity index is 1.96. The lowest BCUT2D eigenvalue weighted by Crippen LogP contribution is -2.42. The molecule has 21 heavy (non-hydrogen) atoms. The summed E-state index contributed by atoms with van der Waals surface area (Å²) in [6.45, 7) is 5.55. The minimum Gasteiger partial charge on any atom is -0.489 e. The fourth-order valence-electron chi connectivity index (χ4n) is 3.18. The van der Waals surface area contributed by atoms with Crippen LogP contribution in [0.4, 0.5) is 0 Å². The zero-order valence-electron chi connectivity index (χ0n) is 13.7. The van der Waals surface area contributed by atoms with Crippen LogP contribution in [-0.2, 0) is 6.42 Å². The summed E-state index contributed by atoms with van der Waals surface area (Å²) in [5, 5.41) is 3.69. The Hall–Kier alpha value is -1.02. The van der Waals surface area contributed by atoms with Crippen molar-refractivity contribution in [3.63, 3.8) is 0 Å². The summed E-state index contributed by atoms with van der Waals surface area (Å²) in [6.07, 6.45) is 10.3. The second kappa shape index (κ2) is 9.09. The summed E-state index contributed by atoms with van der Waals surface area (Å²) in [5.74, 6) is 1.03. The highest BCUT2D eigenvalue weighted by atomic mass is 16.5. The fourth-order valence-corrected chi connectivity index (χ4v) is 3.18. The average molecular weight is 289 g/mol. The van der Waals surface area contributed by atoms with Crippen molar-refractivity contribution >= 4 is 0 Å². The first-order valence-electron chi connectivity index (χ1n) is 8.82. The van der Waals surface area contributed by atoms with Crippen LogP contribution in [-0.4, -0.2) is 18.7 Å². The lowest BCUT2D eigenvalue weighted by molar-refractivity contribution is 0.144. The van der Waals surface area contributed by atoms with E-state index in [-0.39, 0.29) is 0 Å². The molecule has 1 fully saturated rings. The number of benzene rings is 1. The van der Waals surface area contributed by atoms with Crippen molar-refractivity contribution in [2.75, 3.05) is 6.54 Å². The van der Waals surface area contributed by atoms with Gasteiger partial charge >= 0.3 is 0 Å². The highest BCUT2D eigenvalue weighted by Gasteiger charge is 2.24. The molecule has 2 rings (SSSR count). The van der Waals surface area contributed by atoms with Crippen molar-refractivity contribution in [1.82, 2.24) is 5.32 Å². The second-order valence-corrected chi connectivity index (χ2v) is 6.25. The SMILES string of the molecule is CCCNC1CCCCCC1Oc1ccc(CCC)cc1. The zero-order valence-corrected chi connectivity index (χ0v) is 13.7. The molecule has 0 heterocycles. The summed E-state index contributed by atoms with van der Waals surface area (Å²) in [5.41, 5.74) is 1.41. The van der Waals surface area contributed by atoms with Gasteiger partial charge in [-0.3, -0.25) is 0 Å². The van der Waals surface area contributed by atoms with Gasteiger partial charge in [0, 0.05) is 6.04 Å². The molecule has 1 aliphatic carbocycles. The molecule has 0 amide bonds. The van der Waals surface area contributed by atoms with Gasteiger partial charge in [0.05, 0.1) is 0 Å².